The summed E-state index contributed by atoms with van der Waals surface area (Å²) in [5.74, 6) is -2.20. The predicted octanol–water partition coefficient (Wildman–Crippen LogP) is 1.44. The van der Waals surface area contributed by atoms with Gasteiger partial charge in [0.1, 0.15) is 6.54 Å². The fourth-order valence-electron chi connectivity index (χ4n) is 4.05. The van der Waals surface area contributed by atoms with Crippen LogP contribution in [0.2, 0.25) is 0 Å². The van der Waals surface area contributed by atoms with Gasteiger partial charge in [-0.3, -0.25) is 14.9 Å². The number of rotatable bonds is 7. The van der Waals surface area contributed by atoms with Gasteiger partial charge in [0.25, 0.3) is 0 Å². The van der Waals surface area contributed by atoms with Crippen molar-refractivity contribution in [2.45, 2.75) is 39.4 Å². The first-order valence-corrected chi connectivity index (χ1v) is 10.9. The third-order valence-electron chi connectivity index (χ3n) is 5.94. The van der Waals surface area contributed by atoms with Gasteiger partial charge in [-0.2, -0.15) is 5.06 Å². The van der Waals surface area contributed by atoms with Crippen molar-refractivity contribution in [1.82, 2.24) is 15.3 Å². The van der Waals surface area contributed by atoms with E-state index in [4.69, 9.17) is 0 Å². The van der Waals surface area contributed by atoms with Crippen molar-refractivity contribution in [3.05, 3.63) is 59.7 Å². The minimum atomic E-state index is -1.47. The molecular formula is C24H28N5O6-. The molecule has 11 nitrogen and oxygen atoms in total. The zero-order valence-electron chi connectivity index (χ0n) is 19.9. The normalized spacial score (nSPS) is 16.7. The van der Waals surface area contributed by atoms with Gasteiger partial charge in [0.2, 0.25) is 5.91 Å². The molecule has 0 spiro atoms. The molecule has 0 unspecified atom stereocenters. The lowest BCUT2D eigenvalue weighted by molar-refractivity contribution is -0.304. The molecule has 186 valence electrons. The van der Waals surface area contributed by atoms with Crippen LogP contribution >= 0.6 is 0 Å². The molecule has 1 fully saturated rings. The number of carboxylic acid groups (broad SMARTS) is 1. The highest BCUT2D eigenvalue weighted by atomic mass is 16.5. The number of nitrogens with zero attached hydrogens (tertiary/aromatic N) is 3. The molecule has 1 aliphatic heterocycles. The van der Waals surface area contributed by atoms with E-state index in [1.54, 1.807) is 70.2 Å². The van der Waals surface area contributed by atoms with Gasteiger partial charge in [-0.1, -0.05) is 36.4 Å². The van der Waals surface area contributed by atoms with Crippen LogP contribution in [0, 0.1) is 13.8 Å². The number of hydroxylamine groups is 2. The Morgan fingerprint density at radius 2 is 1.66 bits per heavy atom. The number of benzene rings is 2. The number of hydrogen-bond acceptors (Lipinski definition) is 6. The fraction of sp³-hybridized carbons (Fsp3) is 0.333. The number of carboxylic acids is 1. The van der Waals surface area contributed by atoms with Crippen LogP contribution in [0.15, 0.2) is 48.5 Å². The zero-order chi connectivity index (χ0) is 25.9. The first-order chi connectivity index (χ1) is 16.4. The number of para-hydroxylation sites is 2. The maximum absolute atomic E-state index is 13.6. The summed E-state index contributed by atoms with van der Waals surface area (Å²) in [6.45, 7) is 5.57. The molecule has 3 rings (SSSR count). The first-order valence-electron chi connectivity index (χ1n) is 10.9. The number of aryl methyl sites for hydroxylation is 2. The van der Waals surface area contributed by atoms with E-state index in [2.05, 4.69) is 10.6 Å². The van der Waals surface area contributed by atoms with Crippen LogP contribution in [0.3, 0.4) is 0 Å². The van der Waals surface area contributed by atoms with Gasteiger partial charge in [-0.25, -0.2) is 9.59 Å². The summed E-state index contributed by atoms with van der Waals surface area (Å²) in [6.07, 6.45) is -1.23. The van der Waals surface area contributed by atoms with Crippen LogP contribution < -0.4 is 20.6 Å². The number of nitrogens with one attached hydrogen (secondary N) is 2. The van der Waals surface area contributed by atoms with Gasteiger partial charge in [0.15, 0.2) is 6.17 Å². The van der Waals surface area contributed by atoms with Crippen molar-refractivity contribution in [2.75, 3.05) is 23.3 Å². The summed E-state index contributed by atoms with van der Waals surface area (Å²) in [4.78, 5) is 52.1. The molecule has 1 saturated heterocycles. The van der Waals surface area contributed by atoms with Crippen molar-refractivity contribution >= 4 is 35.3 Å². The molecule has 11 heteroatoms. The van der Waals surface area contributed by atoms with E-state index in [9.17, 15) is 29.5 Å². The number of carbonyl (C=O) groups excluding carboxylic acids is 4. The quantitative estimate of drug-likeness (QED) is 0.402. The predicted molar refractivity (Wildman–Crippen MR) is 125 cm³/mol. The lowest BCUT2D eigenvalue weighted by atomic mass is 9.99. The van der Waals surface area contributed by atoms with E-state index in [1.807, 2.05) is 6.07 Å². The Bertz CT molecular complexity index is 1150. The van der Waals surface area contributed by atoms with Crippen LogP contribution in [0.4, 0.5) is 21.0 Å². The molecule has 0 radical (unpaired) electrons. The summed E-state index contributed by atoms with van der Waals surface area (Å²) in [5, 5.41) is 27.0. The van der Waals surface area contributed by atoms with Crippen LogP contribution in [0.25, 0.3) is 0 Å². The maximum atomic E-state index is 13.6. The minimum absolute atomic E-state index is 0.440. The van der Waals surface area contributed by atoms with Crippen molar-refractivity contribution < 1.29 is 29.5 Å². The largest absolute Gasteiger partial charge is 0.548 e. The molecule has 2 aromatic carbocycles. The summed E-state index contributed by atoms with van der Waals surface area (Å²) < 4.78 is 0. The molecular weight excluding hydrogens is 454 g/mol. The van der Waals surface area contributed by atoms with Gasteiger partial charge < -0.3 is 25.4 Å². The molecule has 0 aromatic heterocycles. The number of hydrogen-bond donors (Lipinski definition) is 3. The molecule has 5 amide bonds. The minimum Gasteiger partial charge on any atom is -0.548 e. The molecule has 1 atom stereocenters. The Morgan fingerprint density at radius 1 is 1.06 bits per heavy atom. The highest BCUT2D eigenvalue weighted by Crippen LogP contribution is 2.39. The second-order valence-electron chi connectivity index (χ2n) is 8.79. The molecule has 0 saturated carbocycles. The monoisotopic (exact) mass is 482 g/mol. The molecule has 0 aliphatic carbocycles. The van der Waals surface area contributed by atoms with Crippen molar-refractivity contribution in [3.63, 3.8) is 0 Å². The Hall–Kier alpha value is -4.12. The van der Waals surface area contributed by atoms with Crippen molar-refractivity contribution in [3.8, 4) is 0 Å². The third kappa shape index (κ3) is 5.19. The van der Waals surface area contributed by atoms with Crippen molar-refractivity contribution in [1.29, 1.82) is 0 Å². The van der Waals surface area contributed by atoms with E-state index < -0.39 is 48.7 Å². The lowest BCUT2D eigenvalue weighted by Crippen LogP contribution is -2.58. The SMILES string of the molecule is Cc1ccccc1NC(=O)N(O)[C@H]1N(c2ccccc2C)C(=O)N(CC(=O)NCC(=O)[O-])C1(C)C. The fourth-order valence-corrected chi connectivity index (χ4v) is 4.05. The van der Waals surface area contributed by atoms with Crippen LogP contribution in [-0.4, -0.2) is 63.9 Å². The Labute approximate surface area is 202 Å². The molecule has 1 aliphatic rings. The molecule has 0 bridgehead atoms. The topological polar surface area (TPSA) is 145 Å². The third-order valence-corrected chi connectivity index (χ3v) is 5.94. The van der Waals surface area contributed by atoms with E-state index in [0.717, 1.165) is 5.56 Å². The van der Waals surface area contributed by atoms with Crippen LogP contribution in [-0.2, 0) is 9.59 Å². The second kappa shape index (κ2) is 10.0. The number of aliphatic carboxylic acids is 1. The van der Waals surface area contributed by atoms with E-state index >= 15 is 0 Å². The van der Waals surface area contributed by atoms with Gasteiger partial charge in [0.05, 0.1) is 23.7 Å². The second-order valence-corrected chi connectivity index (χ2v) is 8.79. The summed E-state index contributed by atoms with van der Waals surface area (Å²) >= 11 is 0. The number of amides is 5. The molecule has 2 aromatic rings. The molecule has 35 heavy (non-hydrogen) atoms. The zero-order valence-corrected chi connectivity index (χ0v) is 19.9. The highest BCUT2D eigenvalue weighted by molar-refractivity contribution is 6.00. The van der Waals surface area contributed by atoms with Crippen LogP contribution in [0.5, 0.6) is 0 Å². The Balaban J connectivity index is 1.98. The standard InChI is InChI=1S/C24H29N5O6/c1-15-9-5-7-11-17(15)26-22(33)29(35)21-24(3,4)27(14-19(30)25-13-20(31)32)23(34)28(21)18-12-8-6-10-16(18)2/h5-12,21,35H,13-14H2,1-4H3,(H,25,30)(H,26,33)(H,31,32)/p-1/t21-/m1/s1. The van der Waals surface area contributed by atoms with Crippen molar-refractivity contribution in [2.24, 2.45) is 0 Å². The first kappa shape index (κ1) is 25.5. The maximum Gasteiger partial charge on any atom is 0.347 e. The van der Waals surface area contributed by atoms with Gasteiger partial charge in [0, 0.05) is 5.69 Å². The van der Waals surface area contributed by atoms with Crippen LogP contribution in [0.1, 0.15) is 25.0 Å². The lowest BCUT2D eigenvalue weighted by Gasteiger charge is -2.38. The number of anilines is 2. The summed E-state index contributed by atoms with van der Waals surface area (Å²) in [7, 11) is 0. The van der Waals surface area contributed by atoms with Gasteiger partial charge in [-0.15, -0.1) is 0 Å². The number of urea groups is 2. The van der Waals surface area contributed by atoms with Gasteiger partial charge in [-0.05, 0) is 51.0 Å². The van der Waals surface area contributed by atoms with Gasteiger partial charge >= 0.3 is 12.1 Å². The number of carbonyl (C=O) groups is 4. The smallest absolute Gasteiger partial charge is 0.347 e. The Morgan fingerprint density at radius 3 is 2.26 bits per heavy atom. The highest BCUT2D eigenvalue weighted by Gasteiger charge is 2.56. The molecule has 3 N–H and O–H groups in total. The summed E-state index contributed by atoms with van der Waals surface area (Å²) in [6, 6.07) is 12.5. The van der Waals surface area contributed by atoms with E-state index in [-0.39, 0.29) is 0 Å². The van der Waals surface area contributed by atoms with E-state index in [1.165, 1.54) is 9.80 Å². The average Bonchev–Trinajstić information content (AvgIpc) is 2.99. The van der Waals surface area contributed by atoms with E-state index in [0.29, 0.717) is 22.0 Å². The molecule has 1 heterocycles. The Kier molecular flexibility index (Phi) is 7.30. The summed E-state index contributed by atoms with van der Waals surface area (Å²) in [5.41, 5.74) is 1.14. The average molecular weight is 483 g/mol.